The minimum Gasteiger partial charge on any atom is -0.370 e. The van der Waals surface area contributed by atoms with Gasteiger partial charge in [-0.25, -0.2) is 0 Å². The second-order valence-electron chi connectivity index (χ2n) is 5.84. The molecule has 2 aliphatic rings. The first kappa shape index (κ1) is 11.7. The number of hydrogen-bond donors (Lipinski definition) is 2. The molecule has 2 aliphatic carbocycles. The average molecular weight is 223 g/mol. The Morgan fingerprint density at radius 1 is 1.38 bits per heavy atom. The van der Waals surface area contributed by atoms with Crippen molar-refractivity contribution in [1.82, 2.24) is 5.32 Å². The molecule has 0 spiro atoms. The summed E-state index contributed by atoms with van der Waals surface area (Å²) in [5, 5.41) is 3.17. The van der Waals surface area contributed by atoms with Crippen molar-refractivity contribution in [1.29, 1.82) is 0 Å². The molecular formula is C13H25N3. The summed E-state index contributed by atoms with van der Waals surface area (Å²) in [5.74, 6) is 1.57. The van der Waals surface area contributed by atoms with Crippen LogP contribution in [0.15, 0.2) is 4.99 Å². The summed E-state index contributed by atoms with van der Waals surface area (Å²) in [4.78, 5) is 4.54. The van der Waals surface area contributed by atoms with Crippen LogP contribution >= 0.6 is 0 Å². The molecule has 0 unspecified atom stereocenters. The fraction of sp³-hybridized carbons (Fsp3) is 0.923. The van der Waals surface area contributed by atoms with Crippen molar-refractivity contribution < 1.29 is 0 Å². The van der Waals surface area contributed by atoms with Crippen LogP contribution in [0.5, 0.6) is 0 Å². The molecule has 3 heteroatoms. The van der Waals surface area contributed by atoms with Crippen molar-refractivity contribution in [2.75, 3.05) is 6.54 Å². The van der Waals surface area contributed by atoms with Crippen molar-refractivity contribution in [3.05, 3.63) is 0 Å². The summed E-state index contributed by atoms with van der Waals surface area (Å²) in [7, 11) is 0. The molecule has 0 saturated heterocycles. The molecule has 3 N–H and O–H groups in total. The van der Waals surface area contributed by atoms with Crippen LogP contribution in [0.4, 0.5) is 0 Å². The summed E-state index contributed by atoms with van der Waals surface area (Å²) < 4.78 is 0. The van der Waals surface area contributed by atoms with Gasteiger partial charge < -0.3 is 11.1 Å². The van der Waals surface area contributed by atoms with Crippen molar-refractivity contribution in [3.63, 3.8) is 0 Å². The maximum Gasteiger partial charge on any atom is 0.188 e. The Morgan fingerprint density at radius 2 is 2.06 bits per heavy atom. The van der Waals surface area contributed by atoms with Gasteiger partial charge in [0.1, 0.15) is 0 Å². The van der Waals surface area contributed by atoms with Crippen LogP contribution in [0.25, 0.3) is 0 Å². The fourth-order valence-electron chi connectivity index (χ4n) is 2.93. The topological polar surface area (TPSA) is 50.4 Å². The molecule has 0 atom stereocenters. The molecule has 3 nitrogen and oxygen atoms in total. The minimum atomic E-state index is 0.379. The zero-order valence-corrected chi connectivity index (χ0v) is 10.6. The predicted molar refractivity (Wildman–Crippen MR) is 68.4 cm³/mol. The summed E-state index contributed by atoms with van der Waals surface area (Å²) in [6.07, 6.45) is 8.41. The lowest BCUT2D eigenvalue weighted by atomic mass is 9.55. The SMILES string of the molecule is CC(C)NC(N)=NCC1(C2CCC2)CCC1. The molecular weight excluding hydrogens is 198 g/mol. The number of nitrogens with one attached hydrogen (secondary N) is 1. The monoisotopic (exact) mass is 223 g/mol. The van der Waals surface area contributed by atoms with Gasteiger partial charge in [0.05, 0.1) is 0 Å². The molecule has 0 aromatic heterocycles. The van der Waals surface area contributed by atoms with Crippen LogP contribution in [0.2, 0.25) is 0 Å². The van der Waals surface area contributed by atoms with E-state index in [0.29, 0.717) is 17.4 Å². The van der Waals surface area contributed by atoms with Crippen molar-refractivity contribution in [2.24, 2.45) is 22.1 Å². The first-order chi connectivity index (χ1) is 7.62. The van der Waals surface area contributed by atoms with Gasteiger partial charge in [0, 0.05) is 12.6 Å². The van der Waals surface area contributed by atoms with Gasteiger partial charge in [-0.3, -0.25) is 4.99 Å². The number of aliphatic imine (C=N–C) groups is 1. The Morgan fingerprint density at radius 3 is 2.44 bits per heavy atom. The van der Waals surface area contributed by atoms with Gasteiger partial charge in [-0.1, -0.05) is 12.8 Å². The van der Waals surface area contributed by atoms with Gasteiger partial charge in [0.2, 0.25) is 0 Å². The van der Waals surface area contributed by atoms with E-state index >= 15 is 0 Å². The summed E-state index contributed by atoms with van der Waals surface area (Å²) >= 11 is 0. The summed E-state index contributed by atoms with van der Waals surface area (Å²) in [6.45, 7) is 5.13. The van der Waals surface area contributed by atoms with Crippen LogP contribution in [-0.2, 0) is 0 Å². The van der Waals surface area contributed by atoms with Gasteiger partial charge in [-0.15, -0.1) is 0 Å². The number of guanidine groups is 1. The first-order valence-corrected chi connectivity index (χ1v) is 6.69. The third kappa shape index (κ3) is 2.33. The number of nitrogens with two attached hydrogens (primary N) is 1. The fourth-order valence-corrected chi connectivity index (χ4v) is 2.93. The molecule has 0 amide bonds. The minimum absolute atomic E-state index is 0.379. The standard InChI is InChI=1S/C13H25N3/c1-10(2)16-12(14)15-9-13(7-4-8-13)11-5-3-6-11/h10-11H,3-9H2,1-2H3,(H3,14,15,16). The summed E-state index contributed by atoms with van der Waals surface area (Å²) in [5.41, 5.74) is 6.39. The van der Waals surface area contributed by atoms with Crippen LogP contribution in [0.3, 0.4) is 0 Å². The van der Waals surface area contributed by atoms with Crippen molar-refractivity contribution in [2.45, 2.75) is 58.4 Å². The van der Waals surface area contributed by atoms with E-state index < -0.39 is 0 Å². The molecule has 0 bridgehead atoms. The van der Waals surface area contributed by atoms with Gasteiger partial charge >= 0.3 is 0 Å². The molecule has 2 rings (SSSR count). The largest absolute Gasteiger partial charge is 0.370 e. The third-order valence-corrected chi connectivity index (χ3v) is 4.32. The zero-order valence-electron chi connectivity index (χ0n) is 10.6. The zero-order chi connectivity index (χ0) is 11.6. The molecule has 0 radical (unpaired) electrons. The van der Waals surface area contributed by atoms with Gasteiger partial charge in [0.25, 0.3) is 0 Å². The molecule has 2 saturated carbocycles. The molecule has 16 heavy (non-hydrogen) atoms. The van der Waals surface area contributed by atoms with E-state index in [9.17, 15) is 0 Å². The van der Waals surface area contributed by atoms with E-state index in [2.05, 4.69) is 24.2 Å². The number of hydrogen-bond acceptors (Lipinski definition) is 1. The Bertz CT molecular complexity index is 262. The van der Waals surface area contributed by atoms with E-state index in [1.54, 1.807) is 0 Å². The Hall–Kier alpha value is -0.730. The molecule has 0 aromatic rings. The number of rotatable bonds is 4. The molecule has 92 valence electrons. The third-order valence-electron chi connectivity index (χ3n) is 4.32. The normalized spacial score (nSPS) is 25.1. The Labute approximate surface area is 98.9 Å². The highest BCUT2D eigenvalue weighted by Gasteiger charge is 2.45. The number of nitrogens with zero attached hydrogens (tertiary/aromatic N) is 1. The van der Waals surface area contributed by atoms with Crippen LogP contribution in [0.1, 0.15) is 52.4 Å². The summed E-state index contributed by atoms with van der Waals surface area (Å²) in [6, 6.07) is 0.379. The first-order valence-electron chi connectivity index (χ1n) is 6.69. The molecule has 0 aromatic carbocycles. The van der Waals surface area contributed by atoms with E-state index in [-0.39, 0.29) is 0 Å². The lowest BCUT2D eigenvalue weighted by Crippen LogP contribution is -2.45. The second-order valence-corrected chi connectivity index (χ2v) is 5.84. The quantitative estimate of drug-likeness (QED) is 0.567. The van der Waals surface area contributed by atoms with E-state index in [4.69, 9.17) is 5.73 Å². The lowest BCUT2D eigenvalue weighted by Gasteiger charge is -2.51. The Kier molecular flexibility index (Phi) is 3.41. The van der Waals surface area contributed by atoms with E-state index in [0.717, 1.165) is 12.5 Å². The van der Waals surface area contributed by atoms with Crippen molar-refractivity contribution in [3.8, 4) is 0 Å². The van der Waals surface area contributed by atoms with Crippen LogP contribution in [0, 0.1) is 11.3 Å². The molecule has 0 aliphatic heterocycles. The lowest BCUT2D eigenvalue weighted by molar-refractivity contribution is 0.0115. The van der Waals surface area contributed by atoms with Gasteiger partial charge in [-0.05, 0) is 50.9 Å². The van der Waals surface area contributed by atoms with E-state index in [1.807, 2.05) is 0 Å². The van der Waals surface area contributed by atoms with Crippen molar-refractivity contribution >= 4 is 5.96 Å². The van der Waals surface area contributed by atoms with Gasteiger partial charge in [0.15, 0.2) is 5.96 Å². The Balaban J connectivity index is 1.87. The maximum absolute atomic E-state index is 5.86. The highest BCUT2D eigenvalue weighted by Crippen LogP contribution is 2.54. The predicted octanol–water partition coefficient (Wildman–Crippen LogP) is 2.27. The maximum atomic E-state index is 5.86. The second kappa shape index (κ2) is 4.64. The van der Waals surface area contributed by atoms with E-state index in [1.165, 1.54) is 38.5 Å². The average Bonchev–Trinajstić information content (AvgIpc) is 2.04. The van der Waals surface area contributed by atoms with Gasteiger partial charge in [-0.2, -0.15) is 0 Å². The smallest absolute Gasteiger partial charge is 0.188 e. The van der Waals surface area contributed by atoms with Crippen LogP contribution < -0.4 is 11.1 Å². The van der Waals surface area contributed by atoms with Crippen LogP contribution in [-0.4, -0.2) is 18.5 Å². The highest BCUT2D eigenvalue weighted by molar-refractivity contribution is 5.78. The molecule has 2 fully saturated rings. The highest BCUT2D eigenvalue weighted by atomic mass is 15.1. The molecule has 0 heterocycles.